The minimum atomic E-state index is -0.361. The van der Waals surface area contributed by atoms with Crippen LogP contribution in [0.5, 0.6) is 0 Å². The first kappa shape index (κ1) is 16.4. The molecule has 19 heavy (non-hydrogen) atoms. The minimum Gasteiger partial charge on any atom is -0.468 e. The molecule has 1 aliphatic rings. The first-order valence-electron chi connectivity index (χ1n) is 7.39. The van der Waals surface area contributed by atoms with Gasteiger partial charge in [-0.25, -0.2) is 0 Å². The van der Waals surface area contributed by atoms with Crippen LogP contribution in [0, 0.1) is 11.8 Å². The van der Waals surface area contributed by atoms with Crippen LogP contribution in [0.1, 0.15) is 47.0 Å². The number of ether oxygens (including phenoxy) is 2. The van der Waals surface area contributed by atoms with Gasteiger partial charge in [0.15, 0.2) is 0 Å². The van der Waals surface area contributed by atoms with Crippen molar-refractivity contribution in [2.45, 2.75) is 65.1 Å². The molecule has 0 spiro atoms. The molecule has 0 aromatic carbocycles. The fraction of sp³-hybridized carbons (Fsp3) is 0.933. The van der Waals surface area contributed by atoms with Gasteiger partial charge in [-0.2, -0.15) is 0 Å². The van der Waals surface area contributed by atoms with Gasteiger partial charge in [-0.05, 0) is 31.1 Å². The second-order valence-corrected chi connectivity index (χ2v) is 6.12. The summed E-state index contributed by atoms with van der Waals surface area (Å²) >= 11 is 0. The Balaban J connectivity index is 2.41. The van der Waals surface area contributed by atoms with Crippen molar-refractivity contribution in [3.8, 4) is 0 Å². The second-order valence-electron chi connectivity index (χ2n) is 6.12. The summed E-state index contributed by atoms with van der Waals surface area (Å²) in [5.41, 5.74) is 0. The van der Waals surface area contributed by atoms with Gasteiger partial charge >= 0.3 is 5.97 Å². The van der Waals surface area contributed by atoms with Gasteiger partial charge in [0.2, 0.25) is 0 Å². The van der Waals surface area contributed by atoms with Crippen LogP contribution >= 0.6 is 0 Å². The number of hydrogen-bond acceptors (Lipinski definition) is 4. The molecule has 1 N–H and O–H groups in total. The Morgan fingerprint density at radius 2 is 1.95 bits per heavy atom. The maximum absolute atomic E-state index is 11.7. The molecule has 0 aromatic rings. The molecule has 0 aromatic heterocycles. The fourth-order valence-electron chi connectivity index (χ4n) is 2.61. The zero-order valence-corrected chi connectivity index (χ0v) is 12.9. The van der Waals surface area contributed by atoms with Crippen molar-refractivity contribution in [2.24, 2.45) is 11.8 Å². The van der Waals surface area contributed by atoms with Gasteiger partial charge in [0, 0.05) is 6.04 Å². The van der Waals surface area contributed by atoms with Gasteiger partial charge in [0.25, 0.3) is 0 Å². The highest BCUT2D eigenvalue weighted by Crippen LogP contribution is 2.30. The number of esters is 1. The van der Waals surface area contributed by atoms with E-state index in [0.717, 1.165) is 18.8 Å². The number of carbonyl (C=O) groups is 1. The van der Waals surface area contributed by atoms with Crippen molar-refractivity contribution in [3.63, 3.8) is 0 Å². The Labute approximate surface area is 117 Å². The highest BCUT2D eigenvalue weighted by Gasteiger charge is 2.27. The molecule has 112 valence electrons. The second kappa shape index (κ2) is 7.85. The zero-order chi connectivity index (χ0) is 14.4. The van der Waals surface area contributed by atoms with Crippen molar-refractivity contribution in [3.05, 3.63) is 0 Å². The molecule has 4 nitrogen and oxygen atoms in total. The van der Waals surface area contributed by atoms with E-state index in [4.69, 9.17) is 9.47 Å². The van der Waals surface area contributed by atoms with Gasteiger partial charge in [0.1, 0.15) is 6.04 Å². The summed E-state index contributed by atoms with van der Waals surface area (Å²) in [6.45, 7) is 9.01. The van der Waals surface area contributed by atoms with E-state index in [1.165, 1.54) is 13.5 Å². The van der Waals surface area contributed by atoms with Crippen molar-refractivity contribution >= 4 is 5.97 Å². The van der Waals surface area contributed by atoms with E-state index in [0.29, 0.717) is 12.5 Å². The van der Waals surface area contributed by atoms with Crippen LogP contribution in [0.2, 0.25) is 0 Å². The lowest BCUT2D eigenvalue weighted by Gasteiger charge is -2.32. The van der Waals surface area contributed by atoms with Crippen LogP contribution in [-0.4, -0.2) is 37.9 Å². The summed E-state index contributed by atoms with van der Waals surface area (Å²) in [7, 11) is 1.42. The van der Waals surface area contributed by atoms with E-state index in [2.05, 4.69) is 19.2 Å². The first-order chi connectivity index (χ1) is 8.93. The van der Waals surface area contributed by atoms with Crippen LogP contribution in [0.4, 0.5) is 0 Å². The maximum atomic E-state index is 11.7. The van der Waals surface area contributed by atoms with Crippen LogP contribution in [0.3, 0.4) is 0 Å². The number of carbonyl (C=O) groups excluding carboxylic acids is 1. The lowest BCUT2D eigenvalue weighted by atomic mass is 9.80. The lowest BCUT2D eigenvalue weighted by Crippen LogP contribution is -2.45. The maximum Gasteiger partial charge on any atom is 0.325 e. The van der Waals surface area contributed by atoms with Gasteiger partial charge < -0.3 is 14.8 Å². The van der Waals surface area contributed by atoms with E-state index in [9.17, 15) is 4.79 Å². The van der Waals surface area contributed by atoms with Crippen LogP contribution < -0.4 is 5.32 Å². The van der Waals surface area contributed by atoms with Gasteiger partial charge in [-0.3, -0.25) is 4.79 Å². The average molecular weight is 271 g/mol. The number of rotatable bonds is 6. The lowest BCUT2D eigenvalue weighted by molar-refractivity contribution is -0.146. The van der Waals surface area contributed by atoms with E-state index in [1.807, 2.05) is 13.8 Å². The monoisotopic (exact) mass is 271 g/mol. The Morgan fingerprint density at radius 1 is 1.26 bits per heavy atom. The van der Waals surface area contributed by atoms with Gasteiger partial charge in [-0.1, -0.05) is 27.7 Å². The molecule has 1 rings (SSSR count). The molecule has 0 amide bonds. The molecule has 0 heterocycles. The summed E-state index contributed by atoms with van der Waals surface area (Å²) in [6.07, 6.45) is 3.69. The third-order valence-electron chi connectivity index (χ3n) is 4.07. The summed E-state index contributed by atoms with van der Waals surface area (Å²) < 4.78 is 10.7. The van der Waals surface area contributed by atoms with Crippen molar-refractivity contribution in [2.75, 3.05) is 13.7 Å². The highest BCUT2D eigenvalue weighted by atomic mass is 16.5. The number of methoxy groups -OCH3 is 1. The molecular weight excluding hydrogens is 242 g/mol. The summed E-state index contributed by atoms with van der Waals surface area (Å²) in [4.78, 5) is 11.7. The molecule has 0 radical (unpaired) electrons. The molecular formula is C15H29NO3. The van der Waals surface area contributed by atoms with E-state index in [1.54, 1.807) is 0 Å². The predicted molar refractivity (Wildman–Crippen MR) is 76.0 cm³/mol. The molecule has 0 saturated heterocycles. The van der Waals surface area contributed by atoms with E-state index in [-0.39, 0.29) is 24.2 Å². The van der Waals surface area contributed by atoms with Crippen molar-refractivity contribution in [1.29, 1.82) is 0 Å². The molecule has 4 atom stereocenters. The molecule has 4 heteroatoms. The quantitative estimate of drug-likeness (QED) is 0.753. The summed E-state index contributed by atoms with van der Waals surface area (Å²) in [5.74, 6) is 1.24. The third kappa shape index (κ3) is 5.49. The summed E-state index contributed by atoms with van der Waals surface area (Å²) in [5, 5.41) is 3.19. The zero-order valence-electron chi connectivity index (χ0n) is 12.9. The SMILES string of the molecule is COC(=O)C(COC1CCC(C)C(C)C1)NC(C)C. The fourth-order valence-corrected chi connectivity index (χ4v) is 2.61. The van der Waals surface area contributed by atoms with Crippen molar-refractivity contribution < 1.29 is 14.3 Å². The van der Waals surface area contributed by atoms with Gasteiger partial charge in [0.05, 0.1) is 19.8 Å². The van der Waals surface area contributed by atoms with Gasteiger partial charge in [-0.15, -0.1) is 0 Å². The van der Waals surface area contributed by atoms with Crippen LogP contribution in [0.25, 0.3) is 0 Å². The molecule has 4 unspecified atom stereocenters. The number of nitrogens with one attached hydrogen (secondary N) is 1. The average Bonchev–Trinajstić information content (AvgIpc) is 2.37. The molecule has 1 saturated carbocycles. The van der Waals surface area contributed by atoms with Crippen LogP contribution in [-0.2, 0) is 14.3 Å². The summed E-state index contributed by atoms with van der Waals surface area (Å²) in [6, 6.07) is -0.127. The van der Waals surface area contributed by atoms with Crippen molar-refractivity contribution in [1.82, 2.24) is 5.32 Å². The third-order valence-corrected chi connectivity index (χ3v) is 4.07. The highest BCUT2D eigenvalue weighted by molar-refractivity contribution is 5.75. The normalized spacial score (nSPS) is 29.3. The topological polar surface area (TPSA) is 47.6 Å². The smallest absolute Gasteiger partial charge is 0.325 e. The molecule has 0 aliphatic heterocycles. The Kier molecular flexibility index (Phi) is 6.80. The Bertz CT molecular complexity index is 281. The first-order valence-corrected chi connectivity index (χ1v) is 7.39. The molecule has 1 fully saturated rings. The largest absolute Gasteiger partial charge is 0.468 e. The minimum absolute atomic E-state index is 0.234. The van der Waals surface area contributed by atoms with E-state index >= 15 is 0 Å². The molecule has 1 aliphatic carbocycles. The molecule has 0 bridgehead atoms. The van der Waals surface area contributed by atoms with Crippen LogP contribution in [0.15, 0.2) is 0 Å². The number of hydrogen-bond donors (Lipinski definition) is 1. The Hall–Kier alpha value is -0.610. The Morgan fingerprint density at radius 3 is 2.47 bits per heavy atom. The predicted octanol–water partition coefficient (Wildman–Crippen LogP) is 2.37. The van der Waals surface area contributed by atoms with E-state index < -0.39 is 0 Å². The standard InChI is InChI=1S/C15H29NO3/c1-10(2)16-14(15(17)18-5)9-19-13-7-6-11(3)12(4)8-13/h10-14,16H,6-9H2,1-5H3.